The molecule has 2 aromatic rings. The van der Waals surface area contributed by atoms with E-state index in [-0.39, 0.29) is 25.7 Å². The van der Waals surface area contributed by atoms with Crippen LogP contribution in [-0.2, 0) is 16.0 Å². The molecule has 160 valence electrons. The lowest BCUT2D eigenvalue weighted by atomic mass is 9.91. The van der Waals surface area contributed by atoms with Gasteiger partial charge in [-0.1, -0.05) is 34.1 Å². The highest BCUT2D eigenvalue weighted by molar-refractivity contribution is 9.10. The van der Waals surface area contributed by atoms with Crippen molar-refractivity contribution in [1.82, 2.24) is 5.32 Å². The van der Waals surface area contributed by atoms with Crippen LogP contribution in [0.4, 0.5) is 4.39 Å². The first-order valence-corrected chi connectivity index (χ1v) is 10.5. The molecular formula is C22H24BrFN2O4. The molecule has 30 heavy (non-hydrogen) atoms. The zero-order valence-electron chi connectivity index (χ0n) is 16.4. The molecule has 0 radical (unpaired) electrons. The normalized spacial score (nSPS) is 17.9. The van der Waals surface area contributed by atoms with E-state index in [1.165, 1.54) is 0 Å². The lowest BCUT2D eigenvalue weighted by Crippen LogP contribution is -2.49. The van der Waals surface area contributed by atoms with Gasteiger partial charge in [-0.3, -0.25) is 4.79 Å². The van der Waals surface area contributed by atoms with Gasteiger partial charge in [0.15, 0.2) is 5.54 Å². The van der Waals surface area contributed by atoms with Gasteiger partial charge in [0.2, 0.25) is 5.90 Å². The minimum atomic E-state index is -1.18. The standard InChI is InChI=1S/C22H24BrFN2O4/c23-19-5-2-1-4-17(19)14-22(21(28)25-11-10-24)15-30-20(26-22)16-6-8-18(9-7-16)29-13-3-12-27/h1-2,4-9,27H,3,10-15H2,(H,25,28)/t22-/m1/s1. The van der Waals surface area contributed by atoms with Crippen molar-refractivity contribution >= 4 is 27.7 Å². The summed E-state index contributed by atoms with van der Waals surface area (Å²) < 4.78 is 24.8. The third-order valence-corrected chi connectivity index (χ3v) is 5.45. The number of aliphatic imine (C=N–C) groups is 1. The van der Waals surface area contributed by atoms with E-state index in [1.54, 1.807) is 24.3 Å². The summed E-state index contributed by atoms with van der Waals surface area (Å²) >= 11 is 3.51. The highest BCUT2D eigenvalue weighted by Gasteiger charge is 2.44. The Labute approximate surface area is 183 Å². The second kappa shape index (κ2) is 10.5. The van der Waals surface area contributed by atoms with Crippen LogP contribution in [0, 0.1) is 0 Å². The van der Waals surface area contributed by atoms with Gasteiger partial charge < -0.3 is 19.9 Å². The number of amides is 1. The number of benzene rings is 2. The van der Waals surface area contributed by atoms with Crippen molar-refractivity contribution in [2.24, 2.45) is 4.99 Å². The molecule has 1 atom stereocenters. The van der Waals surface area contributed by atoms with Crippen molar-refractivity contribution in [3.63, 3.8) is 0 Å². The minimum absolute atomic E-state index is 0.0660. The predicted octanol–water partition coefficient (Wildman–Crippen LogP) is 3.05. The monoisotopic (exact) mass is 478 g/mol. The number of carbonyl (C=O) groups excluding carboxylic acids is 1. The molecule has 0 bridgehead atoms. The molecule has 1 heterocycles. The summed E-state index contributed by atoms with van der Waals surface area (Å²) in [5.74, 6) is 0.667. The Morgan fingerprint density at radius 2 is 2.03 bits per heavy atom. The van der Waals surface area contributed by atoms with E-state index in [0.717, 1.165) is 15.6 Å². The molecule has 0 spiro atoms. The van der Waals surface area contributed by atoms with Crippen LogP contribution >= 0.6 is 15.9 Å². The second-order valence-electron chi connectivity index (χ2n) is 6.90. The number of hydrogen-bond acceptors (Lipinski definition) is 5. The molecule has 1 aliphatic heterocycles. The van der Waals surface area contributed by atoms with Crippen LogP contribution in [-0.4, -0.2) is 55.5 Å². The summed E-state index contributed by atoms with van der Waals surface area (Å²) in [6.45, 7) is -0.145. The van der Waals surface area contributed by atoms with Crippen LogP contribution in [0.3, 0.4) is 0 Å². The van der Waals surface area contributed by atoms with E-state index in [4.69, 9.17) is 14.6 Å². The van der Waals surface area contributed by atoms with Crippen molar-refractivity contribution in [2.45, 2.75) is 18.4 Å². The fourth-order valence-electron chi connectivity index (χ4n) is 3.11. The van der Waals surface area contributed by atoms with Crippen LogP contribution in [0.15, 0.2) is 58.0 Å². The van der Waals surface area contributed by atoms with Gasteiger partial charge in [-0.2, -0.15) is 0 Å². The van der Waals surface area contributed by atoms with Crippen molar-refractivity contribution in [2.75, 3.05) is 33.0 Å². The molecule has 0 aliphatic carbocycles. The van der Waals surface area contributed by atoms with Gasteiger partial charge in [0.1, 0.15) is 19.0 Å². The van der Waals surface area contributed by atoms with Gasteiger partial charge in [0.25, 0.3) is 5.91 Å². The van der Waals surface area contributed by atoms with E-state index < -0.39 is 12.2 Å². The average Bonchev–Trinajstić information content (AvgIpc) is 3.20. The molecular weight excluding hydrogens is 455 g/mol. The number of carbonyl (C=O) groups is 1. The summed E-state index contributed by atoms with van der Waals surface area (Å²) in [5.41, 5.74) is 0.455. The Morgan fingerprint density at radius 1 is 1.27 bits per heavy atom. The maximum Gasteiger partial charge on any atom is 0.252 e. The van der Waals surface area contributed by atoms with E-state index in [1.807, 2.05) is 24.3 Å². The number of aliphatic hydroxyl groups excluding tert-OH is 1. The molecule has 0 aromatic heterocycles. The molecule has 8 heteroatoms. The van der Waals surface area contributed by atoms with Gasteiger partial charge in [-0.25, -0.2) is 9.38 Å². The minimum Gasteiger partial charge on any atom is -0.494 e. The fourth-order valence-corrected chi connectivity index (χ4v) is 3.54. The van der Waals surface area contributed by atoms with Crippen molar-refractivity contribution < 1.29 is 23.8 Å². The largest absolute Gasteiger partial charge is 0.494 e. The van der Waals surface area contributed by atoms with Crippen molar-refractivity contribution in [3.8, 4) is 5.75 Å². The summed E-state index contributed by atoms with van der Waals surface area (Å²) in [5, 5.41) is 11.4. The Kier molecular flexibility index (Phi) is 7.81. The Bertz CT molecular complexity index is 891. The molecule has 2 N–H and O–H groups in total. The Morgan fingerprint density at radius 3 is 2.73 bits per heavy atom. The number of ether oxygens (including phenoxy) is 2. The Hall–Kier alpha value is -2.45. The first-order valence-electron chi connectivity index (χ1n) is 9.72. The van der Waals surface area contributed by atoms with Crippen LogP contribution in [0.2, 0.25) is 0 Å². The number of halogens is 2. The quantitative estimate of drug-likeness (QED) is 0.514. The van der Waals surface area contributed by atoms with Crippen LogP contribution < -0.4 is 10.1 Å². The van der Waals surface area contributed by atoms with Gasteiger partial charge >= 0.3 is 0 Å². The van der Waals surface area contributed by atoms with Crippen molar-refractivity contribution in [3.05, 3.63) is 64.1 Å². The van der Waals surface area contributed by atoms with Gasteiger partial charge in [0, 0.05) is 36.0 Å². The van der Waals surface area contributed by atoms with E-state index in [0.29, 0.717) is 31.1 Å². The topological polar surface area (TPSA) is 80.2 Å². The molecule has 0 unspecified atom stereocenters. The second-order valence-corrected chi connectivity index (χ2v) is 7.75. The maximum atomic E-state index is 12.9. The molecule has 2 aromatic carbocycles. The highest BCUT2D eigenvalue weighted by Crippen LogP contribution is 2.30. The molecule has 0 fully saturated rings. The van der Waals surface area contributed by atoms with E-state index >= 15 is 0 Å². The number of alkyl halides is 1. The fraction of sp³-hybridized carbons (Fsp3) is 0.364. The smallest absolute Gasteiger partial charge is 0.252 e. The SMILES string of the molecule is O=C(NCCF)[C@@]1(Cc2ccccc2Br)COC(c2ccc(OCCCO)cc2)=N1. The third kappa shape index (κ3) is 5.37. The molecule has 0 saturated heterocycles. The number of hydrogen-bond donors (Lipinski definition) is 2. The first-order chi connectivity index (χ1) is 14.6. The maximum absolute atomic E-state index is 12.9. The van der Waals surface area contributed by atoms with Crippen LogP contribution in [0.5, 0.6) is 5.75 Å². The molecule has 0 saturated carbocycles. The highest BCUT2D eigenvalue weighted by atomic mass is 79.9. The van der Waals surface area contributed by atoms with E-state index in [2.05, 4.69) is 26.2 Å². The summed E-state index contributed by atoms with van der Waals surface area (Å²) in [4.78, 5) is 17.5. The number of nitrogens with one attached hydrogen (secondary N) is 1. The number of nitrogens with zero attached hydrogens (tertiary/aromatic N) is 1. The zero-order chi connectivity index (χ0) is 21.4. The third-order valence-electron chi connectivity index (χ3n) is 4.68. The van der Waals surface area contributed by atoms with Gasteiger partial charge in [0.05, 0.1) is 6.61 Å². The number of rotatable bonds is 10. The Balaban J connectivity index is 1.83. The lowest BCUT2D eigenvalue weighted by molar-refractivity contribution is -0.126. The number of aliphatic hydroxyl groups is 1. The summed E-state index contributed by atoms with van der Waals surface area (Å²) in [7, 11) is 0. The summed E-state index contributed by atoms with van der Waals surface area (Å²) in [6.07, 6.45) is 0.877. The molecule has 3 rings (SSSR count). The molecule has 1 aliphatic rings. The molecule has 1 amide bonds. The summed E-state index contributed by atoms with van der Waals surface area (Å²) in [6, 6.07) is 14.8. The van der Waals surface area contributed by atoms with E-state index in [9.17, 15) is 9.18 Å². The zero-order valence-corrected chi connectivity index (χ0v) is 18.0. The first kappa shape index (κ1) is 22.2. The van der Waals surface area contributed by atoms with Gasteiger partial charge in [-0.15, -0.1) is 0 Å². The predicted molar refractivity (Wildman–Crippen MR) is 116 cm³/mol. The van der Waals surface area contributed by atoms with Crippen LogP contribution in [0.1, 0.15) is 17.5 Å². The molecule has 6 nitrogen and oxygen atoms in total. The van der Waals surface area contributed by atoms with Crippen LogP contribution in [0.25, 0.3) is 0 Å². The average molecular weight is 479 g/mol. The lowest BCUT2D eigenvalue weighted by Gasteiger charge is -2.23. The van der Waals surface area contributed by atoms with Crippen molar-refractivity contribution in [1.29, 1.82) is 0 Å². The van der Waals surface area contributed by atoms with Gasteiger partial charge in [-0.05, 0) is 35.9 Å².